The molecule has 0 radical (unpaired) electrons. The van der Waals surface area contributed by atoms with E-state index in [1.165, 1.54) is 43.6 Å². The fourth-order valence-electron chi connectivity index (χ4n) is 2.55. The van der Waals surface area contributed by atoms with E-state index in [4.69, 9.17) is 0 Å². The summed E-state index contributed by atoms with van der Waals surface area (Å²) in [6.07, 6.45) is 7.69. The summed E-state index contributed by atoms with van der Waals surface area (Å²) in [7, 11) is 0. The Morgan fingerprint density at radius 3 is 2.86 bits per heavy atom. The molecule has 1 aliphatic carbocycles. The van der Waals surface area contributed by atoms with E-state index in [0.29, 0.717) is 0 Å². The van der Waals surface area contributed by atoms with Crippen LogP contribution in [0.5, 0.6) is 0 Å². The molecular formula is C11H16N2S. The molecule has 0 aromatic carbocycles. The number of piperidine rings is 1. The fourth-order valence-corrected chi connectivity index (χ4v) is 3.34. The third-order valence-corrected chi connectivity index (χ3v) is 4.34. The number of aromatic nitrogens is 1. The Balaban J connectivity index is 1.62. The molecule has 2 nitrogen and oxygen atoms in total. The Morgan fingerprint density at radius 1 is 1.29 bits per heavy atom. The van der Waals surface area contributed by atoms with Gasteiger partial charge in [0.2, 0.25) is 0 Å². The minimum Gasteiger partial charge on any atom is -0.300 e. The van der Waals surface area contributed by atoms with Crippen LogP contribution in [-0.2, 0) is 0 Å². The molecule has 2 heterocycles. The lowest BCUT2D eigenvalue weighted by atomic mass is 10.1. The van der Waals surface area contributed by atoms with Crippen molar-refractivity contribution in [3.8, 4) is 0 Å². The highest BCUT2D eigenvalue weighted by molar-refractivity contribution is 7.09. The van der Waals surface area contributed by atoms with Gasteiger partial charge in [0.1, 0.15) is 0 Å². The van der Waals surface area contributed by atoms with Crippen LogP contribution in [0.2, 0.25) is 0 Å². The lowest BCUT2D eigenvalue weighted by molar-refractivity contribution is 0.216. The summed E-state index contributed by atoms with van der Waals surface area (Å²) in [6, 6.07) is 0.857. The van der Waals surface area contributed by atoms with E-state index in [9.17, 15) is 0 Å². The number of nitrogens with zero attached hydrogens (tertiary/aromatic N) is 2. The molecule has 0 spiro atoms. The van der Waals surface area contributed by atoms with Crippen molar-refractivity contribution in [1.29, 1.82) is 0 Å². The van der Waals surface area contributed by atoms with Crippen molar-refractivity contribution in [2.24, 2.45) is 0 Å². The Morgan fingerprint density at radius 2 is 2.14 bits per heavy atom. The molecule has 1 aromatic rings. The van der Waals surface area contributed by atoms with E-state index in [0.717, 1.165) is 12.0 Å². The van der Waals surface area contributed by atoms with Crippen molar-refractivity contribution < 1.29 is 0 Å². The van der Waals surface area contributed by atoms with Crippen LogP contribution in [0.1, 0.15) is 36.5 Å². The summed E-state index contributed by atoms with van der Waals surface area (Å²) >= 11 is 1.82. The standard InChI is InChI=1S/C11H16N2S/c1-2-4-13(5-3-1)10-6-9(10)11-7-12-8-14-11/h7-10H,1-6H2/t9-,10-/m0/s1. The van der Waals surface area contributed by atoms with Crippen LogP contribution in [0.4, 0.5) is 0 Å². The molecule has 1 aromatic heterocycles. The molecule has 1 saturated heterocycles. The van der Waals surface area contributed by atoms with Gasteiger partial charge in [-0.2, -0.15) is 0 Å². The number of rotatable bonds is 2. The van der Waals surface area contributed by atoms with Crippen LogP contribution in [0.3, 0.4) is 0 Å². The minimum atomic E-state index is 0.820. The summed E-state index contributed by atoms with van der Waals surface area (Å²) in [4.78, 5) is 8.35. The number of thiazole rings is 1. The fraction of sp³-hybridized carbons (Fsp3) is 0.727. The van der Waals surface area contributed by atoms with Gasteiger partial charge in [0.05, 0.1) is 5.51 Å². The zero-order valence-electron chi connectivity index (χ0n) is 8.35. The van der Waals surface area contributed by atoms with E-state index < -0.39 is 0 Å². The third-order valence-electron chi connectivity index (χ3n) is 3.43. The molecule has 2 fully saturated rings. The second-order valence-corrected chi connectivity index (χ2v) is 5.33. The summed E-state index contributed by atoms with van der Waals surface area (Å²) in [6.45, 7) is 2.67. The highest BCUT2D eigenvalue weighted by Crippen LogP contribution is 2.46. The molecule has 1 aliphatic heterocycles. The van der Waals surface area contributed by atoms with Gasteiger partial charge in [0.15, 0.2) is 0 Å². The maximum Gasteiger partial charge on any atom is 0.0794 e. The van der Waals surface area contributed by atoms with Gasteiger partial charge in [-0.3, -0.25) is 9.88 Å². The van der Waals surface area contributed by atoms with Crippen LogP contribution in [0.25, 0.3) is 0 Å². The Kier molecular flexibility index (Phi) is 2.30. The van der Waals surface area contributed by atoms with Gasteiger partial charge in [-0.05, 0) is 32.4 Å². The van der Waals surface area contributed by atoms with Gasteiger partial charge in [-0.1, -0.05) is 6.42 Å². The predicted octanol–water partition coefficient (Wildman–Crippen LogP) is 2.48. The molecule has 0 bridgehead atoms. The Bertz CT molecular complexity index is 290. The summed E-state index contributed by atoms with van der Waals surface area (Å²) in [5.74, 6) is 0.820. The SMILES string of the molecule is c1ncc([C@H]2C[C@@H]2N2CCCCC2)s1. The first-order valence-electron chi connectivity index (χ1n) is 5.57. The van der Waals surface area contributed by atoms with Crippen LogP contribution in [0.15, 0.2) is 11.7 Å². The van der Waals surface area contributed by atoms with Gasteiger partial charge in [0.25, 0.3) is 0 Å². The lowest BCUT2D eigenvalue weighted by Gasteiger charge is -2.26. The Hall–Kier alpha value is -0.410. The second-order valence-electron chi connectivity index (χ2n) is 4.41. The summed E-state index contributed by atoms with van der Waals surface area (Å²) in [5, 5.41) is 0. The van der Waals surface area contributed by atoms with E-state index in [-0.39, 0.29) is 0 Å². The lowest BCUT2D eigenvalue weighted by Crippen LogP contribution is -2.32. The molecule has 76 valence electrons. The van der Waals surface area contributed by atoms with E-state index in [1.54, 1.807) is 0 Å². The average Bonchev–Trinajstić information content (AvgIpc) is 2.87. The van der Waals surface area contributed by atoms with Crippen LogP contribution < -0.4 is 0 Å². The zero-order chi connectivity index (χ0) is 9.38. The van der Waals surface area contributed by atoms with Gasteiger partial charge in [-0.15, -0.1) is 11.3 Å². The highest BCUT2D eigenvalue weighted by Gasteiger charge is 2.43. The monoisotopic (exact) mass is 208 g/mol. The zero-order valence-corrected chi connectivity index (χ0v) is 9.17. The minimum absolute atomic E-state index is 0.820. The van der Waals surface area contributed by atoms with Crippen molar-refractivity contribution in [3.05, 3.63) is 16.6 Å². The molecule has 3 rings (SSSR count). The largest absolute Gasteiger partial charge is 0.300 e. The van der Waals surface area contributed by atoms with Crippen LogP contribution in [0, 0.1) is 0 Å². The van der Waals surface area contributed by atoms with Crippen molar-refractivity contribution in [3.63, 3.8) is 0 Å². The number of hydrogen-bond donors (Lipinski definition) is 0. The van der Waals surface area contributed by atoms with Crippen LogP contribution in [-0.4, -0.2) is 29.0 Å². The molecule has 1 saturated carbocycles. The topological polar surface area (TPSA) is 16.1 Å². The first-order valence-corrected chi connectivity index (χ1v) is 6.45. The van der Waals surface area contributed by atoms with Crippen molar-refractivity contribution in [1.82, 2.24) is 9.88 Å². The van der Waals surface area contributed by atoms with Crippen molar-refractivity contribution >= 4 is 11.3 Å². The van der Waals surface area contributed by atoms with Gasteiger partial charge in [-0.25, -0.2) is 0 Å². The molecule has 3 heteroatoms. The molecule has 2 aliphatic rings. The molecule has 2 atom stereocenters. The van der Waals surface area contributed by atoms with Gasteiger partial charge >= 0.3 is 0 Å². The average molecular weight is 208 g/mol. The second kappa shape index (κ2) is 3.63. The van der Waals surface area contributed by atoms with Crippen molar-refractivity contribution in [2.45, 2.75) is 37.6 Å². The first-order chi connectivity index (χ1) is 6.95. The van der Waals surface area contributed by atoms with Crippen molar-refractivity contribution in [2.75, 3.05) is 13.1 Å². The normalized spacial score (nSPS) is 33.1. The summed E-state index contributed by atoms with van der Waals surface area (Å²) in [5.41, 5.74) is 1.96. The van der Waals surface area contributed by atoms with Crippen LogP contribution >= 0.6 is 11.3 Å². The smallest absolute Gasteiger partial charge is 0.0794 e. The first kappa shape index (κ1) is 8.86. The van der Waals surface area contributed by atoms with Gasteiger partial charge < -0.3 is 0 Å². The van der Waals surface area contributed by atoms with E-state index in [2.05, 4.69) is 16.1 Å². The molecule has 0 N–H and O–H groups in total. The van der Waals surface area contributed by atoms with E-state index >= 15 is 0 Å². The number of likely N-dealkylation sites (tertiary alicyclic amines) is 1. The summed E-state index contributed by atoms with van der Waals surface area (Å²) < 4.78 is 0. The quantitative estimate of drug-likeness (QED) is 0.742. The van der Waals surface area contributed by atoms with Gasteiger partial charge in [0, 0.05) is 23.0 Å². The molecular weight excluding hydrogens is 192 g/mol. The maximum atomic E-state index is 4.16. The van der Waals surface area contributed by atoms with E-state index in [1.807, 2.05) is 16.8 Å². The molecule has 0 unspecified atom stereocenters. The number of hydrogen-bond acceptors (Lipinski definition) is 3. The maximum absolute atomic E-state index is 4.16. The molecule has 14 heavy (non-hydrogen) atoms. The predicted molar refractivity (Wildman–Crippen MR) is 58.7 cm³/mol. The third kappa shape index (κ3) is 1.59. The molecule has 0 amide bonds. The highest BCUT2D eigenvalue weighted by atomic mass is 32.1. The Labute approximate surface area is 89.0 Å².